The van der Waals surface area contributed by atoms with Crippen molar-refractivity contribution < 1.29 is 19.4 Å². The van der Waals surface area contributed by atoms with Gasteiger partial charge < -0.3 is 9.84 Å². The monoisotopic (exact) mass is 555 g/mol. The maximum atomic E-state index is 13.0. The van der Waals surface area contributed by atoms with Crippen molar-refractivity contribution in [2.75, 3.05) is 6.54 Å². The molecule has 1 aliphatic rings. The predicted octanol–water partition coefficient (Wildman–Crippen LogP) is 6.10. The third-order valence-corrected chi connectivity index (χ3v) is 7.50. The van der Waals surface area contributed by atoms with Crippen LogP contribution in [0.1, 0.15) is 23.1 Å². The number of para-hydroxylation sites is 1. The first-order chi connectivity index (χ1) is 18.9. The molecule has 3 aromatic carbocycles. The highest BCUT2D eigenvalue weighted by Crippen LogP contribution is 2.35. The first-order valence-electron chi connectivity index (χ1n) is 12.3. The molecule has 0 atom stereocenters. The summed E-state index contributed by atoms with van der Waals surface area (Å²) in [5.74, 6) is -0.544. The van der Waals surface area contributed by atoms with Gasteiger partial charge in [0.1, 0.15) is 16.7 Å². The van der Waals surface area contributed by atoms with Gasteiger partial charge in [-0.05, 0) is 55.0 Å². The number of ether oxygens (including phenoxy) is 1. The topological polar surface area (TPSA) is 84.7 Å². The van der Waals surface area contributed by atoms with Gasteiger partial charge in [-0.3, -0.25) is 14.5 Å². The predicted molar refractivity (Wildman–Crippen MR) is 157 cm³/mol. The largest absolute Gasteiger partial charge is 0.489 e. The number of carbonyl (C=O) groups is 2. The number of aromatic nitrogens is 2. The number of hydrogen-bond acceptors (Lipinski definition) is 6. The number of carboxylic acids is 1. The number of nitrogens with zero attached hydrogens (tertiary/aromatic N) is 3. The van der Waals surface area contributed by atoms with E-state index in [1.165, 1.54) is 10.5 Å². The molecular weight excluding hydrogens is 530 g/mol. The molecule has 1 amide bonds. The molecule has 7 nitrogen and oxygen atoms in total. The lowest BCUT2D eigenvalue weighted by atomic mass is 10.1. The number of carboxylic acid groups (broad SMARTS) is 1. The van der Waals surface area contributed by atoms with Crippen LogP contribution in [-0.4, -0.2) is 42.5 Å². The number of thiocarbonyl (C=S) groups is 1. The lowest BCUT2D eigenvalue weighted by molar-refractivity contribution is -0.137. The van der Waals surface area contributed by atoms with Gasteiger partial charge in [0.15, 0.2) is 0 Å². The summed E-state index contributed by atoms with van der Waals surface area (Å²) in [7, 11) is 0. The number of amides is 1. The van der Waals surface area contributed by atoms with Crippen LogP contribution in [0.15, 0.2) is 90.0 Å². The molecule has 0 saturated carbocycles. The van der Waals surface area contributed by atoms with Crippen molar-refractivity contribution in [3.63, 3.8) is 0 Å². The average molecular weight is 556 g/mol. The van der Waals surface area contributed by atoms with Crippen LogP contribution in [-0.2, 0) is 16.2 Å². The first kappa shape index (κ1) is 26.4. The molecule has 1 aliphatic heterocycles. The van der Waals surface area contributed by atoms with Crippen LogP contribution in [0.5, 0.6) is 5.75 Å². The zero-order valence-electron chi connectivity index (χ0n) is 21.1. The van der Waals surface area contributed by atoms with Crippen molar-refractivity contribution in [3.05, 3.63) is 107 Å². The molecule has 196 valence electrons. The standard InChI is InChI=1S/C30H25N3O4S2/c1-20-7-9-21(10-8-20)19-37-25-13-11-22(12-14-25)28-23(18-33(31-28)24-5-3-2-4-6-24)17-26-29(36)32(30(38)39-26)16-15-27(34)35/h2-14,17-18H,15-16,19H2,1H3,(H,34,35). The molecule has 0 spiro atoms. The Bertz CT molecular complexity index is 1550. The molecule has 0 unspecified atom stereocenters. The molecule has 9 heteroatoms. The summed E-state index contributed by atoms with van der Waals surface area (Å²) in [6, 6.07) is 25.6. The fraction of sp³-hybridized carbons (Fsp3) is 0.133. The molecule has 4 aromatic rings. The maximum Gasteiger partial charge on any atom is 0.305 e. The summed E-state index contributed by atoms with van der Waals surface area (Å²) in [4.78, 5) is 25.8. The van der Waals surface area contributed by atoms with E-state index in [0.29, 0.717) is 21.5 Å². The van der Waals surface area contributed by atoms with Crippen molar-refractivity contribution in [3.8, 4) is 22.7 Å². The Morgan fingerprint density at radius 3 is 2.46 bits per heavy atom. The van der Waals surface area contributed by atoms with Gasteiger partial charge in [0.2, 0.25) is 0 Å². The van der Waals surface area contributed by atoms with Crippen molar-refractivity contribution in [1.82, 2.24) is 14.7 Å². The third kappa shape index (κ3) is 6.27. The Hall–Kier alpha value is -4.21. The number of thioether (sulfide) groups is 1. The quantitative estimate of drug-likeness (QED) is 0.197. The van der Waals surface area contributed by atoms with Crippen LogP contribution in [0.3, 0.4) is 0 Å². The number of benzene rings is 3. The van der Waals surface area contributed by atoms with E-state index in [0.717, 1.165) is 39.9 Å². The molecule has 0 bridgehead atoms. The fourth-order valence-electron chi connectivity index (χ4n) is 4.03. The van der Waals surface area contributed by atoms with Gasteiger partial charge in [0, 0.05) is 23.9 Å². The van der Waals surface area contributed by atoms with Crippen LogP contribution >= 0.6 is 24.0 Å². The highest BCUT2D eigenvalue weighted by molar-refractivity contribution is 8.26. The van der Waals surface area contributed by atoms with E-state index >= 15 is 0 Å². The van der Waals surface area contributed by atoms with E-state index < -0.39 is 5.97 Å². The Morgan fingerprint density at radius 1 is 1.05 bits per heavy atom. The molecular formula is C30H25N3O4S2. The molecule has 1 aromatic heterocycles. The summed E-state index contributed by atoms with van der Waals surface area (Å²) in [5, 5.41) is 13.9. The van der Waals surface area contributed by atoms with Gasteiger partial charge in [0.25, 0.3) is 5.91 Å². The van der Waals surface area contributed by atoms with E-state index in [4.69, 9.17) is 27.2 Å². The van der Waals surface area contributed by atoms with Gasteiger partial charge in [-0.25, -0.2) is 4.68 Å². The summed E-state index contributed by atoms with van der Waals surface area (Å²) >= 11 is 6.52. The Labute approximate surface area is 235 Å². The van der Waals surface area contributed by atoms with Gasteiger partial charge in [-0.15, -0.1) is 0 Å². The van der Waals surface area contributed by atoms with Crippen molar-refractivity contribution in [1.29, 1.82) is 0 Å². The minimum atomic E-state index is -0.981. The second kappa shape index (κ2) is 11.7. The number of aliphatic carboxylic acids is 1. The van der Waals surface area contributed by atoms with Gasteiger partial charge in [-0.2, -0.15) is 5.10 Å². The molecule has 1 fully saturated rings. The third-order valence-electron chi connectivity index (χ3n) is 6.13. The number of hydrogen-bond donors (Lipinski definition) is 1. The van der Waals surface area contributed by atoms with Gasteiger partial charge >= 0.3 is 5.97 Å². The number of rotatable bonds is 9. The molecule has 2 heterocycles. The molecule has 0 aliphatic carbocycles. The summed E-state index contributed by atoms with van der Waals surface area (Å²) in [6.45, 7) is 2.56. The maximum absolute atomic E-state index is 13.0. The van der Waals surface area contributed by atoms with Crippen molar-refractivity contribution in [2.24, 2.45) is 0 Å². The minimum absolute atomic E-state index is 0.0392. The molecule has 0 radical (unpaired) electrons. The van der Waals surface area contributed by atoms with Crippen LogP contribution < -0.4 is 4.74 Å². The van der Waals surface area contributed by atoms with Gasteiger partial charge in [-0.1, -0.05) is 72.0 Å². The number of aryl methyl sites for hydroxylation is 1. The SMILES string of the molecule is Cc1ccc(COc2ccc(-c3nn(-c4ccccc4)cc3C=C3SC(=S)N(CCC(=O)O)C3=O)cc2)cc1. The highest BCUT2D eigenvalue weighted by atomic mass is 32.2. The van der Waals surface area contributed by atoms with Crippen LogP contribution in [0.2, 0.25) is 0 Å². The minimum Gasteiger partial charge on any atom is -0.489 e. The van der Waals surface area contributed by atoms with E-state index in [-0.39, 0.29) is 18.9 Å². The Balaban J connectivity index is 1.43. The highest BCUT2D eigenvalue weighted by Gasteiger charge is 2.32. The normalized spacial score (nSPS) is 14.3. The van der Waals surface area contributed by atoms with Crippen LogP contribution in [0.4, 0.5) is 0 Å². The average Bonchev–Trinajstić information content (AvgIpc) is 3.48. The van der Waals surface area contributed by atoms with Gasteiger partial charge in [0.05, 0.1) is 22.7 Å². The van der Waals surface area contributed by atoms with E-state index in [1.54, 1.807) is 10.8 Å². The van der Waals surface area contributed by atoms with E-state index in [1.807, 2.05) is 60.8 Å². The first-order valence-corrected chi connectivity index (χ1v) is 13.5. The summed E-state index contributed by atoms with van der Waals surface area (Å²) < 4.78 is 8.08. The Kier molecular flexibility index (Phi) is 7.90. The van der Waals surface area contributed by atoms with Crippen LogP contribution in [0.25, 0.3) is 23.0 Å². The second-order valence-electron chi connectivity index (χ2n) is 8.99. The van der Waals surface area contributed by atoms with Crippen molar-refractivity contribution >= 4 is 46.3 Å². The lowest BCUT2D eigenvalue weighted by Crippen LogP contribution is -2.30. The molecule has 5 rings (SSSR count). The molecule has 39 heavy (non-hydrogen) atoms. The van der Waals surface area contributed by atoms with E-state index in [9.17, 15) is 9.59 Å². The zero-order valence-corrected chi connectivity index (χ0v) is 22.7. The zero-order chi connectivity index (χ0) is 27.4. The molecule has 1 N–H and O–H groups in total. The smallest absolute Gasteiger partial charge is 0.305 e. The number of carbonyl (C=O) groups excluding carboxylic acids is 1. The summed E-state index contributed by atoms with van der Waals surface area (Å²) in [6.07, 6.45) is 3.47. The van der Waals surface area contributed by atoms with Crippen LogP contribution in [0, 0.1) is 6.92 Å². The fourth-order valence-corrected chi connectivity index (χ4v) is 5.33. The van der Waals surface area contributed by atoms with Crippen molar-refractivity contribution in [2.45, 2.75) is 20.0 Å². The van der Waals surface area contributed by atoms with E-state index in [2.05, 4.69) is 31.2 Å². The molecule has 1 saturated heterocycles. The Morgan fingerprint density at radius 2 is 1.77 bits per heavy atom. The summed E-state index contributed by atoms with van der Waals surface area (Å²) in [5.41, 5.74) is 5.47. The second-order valence-corrected chi connectivity index (χ2v) is 10.7. The lowest BCUT2D eigenvalue weighted by Gasteiger charge is -2.12.